The summed E-state index contributed by atoms with van der Waals surface area (Å²) in [6.45, 7) is 5.03. The normalized spacial score (nSPS) is 23.4. The maximum atomic E-state index is 13.8. The summed E-state index contributed by atoms with van der Waals surface area (Å²) in [5, 5.41) is 6.89. The molecule has 1 fully saturated rings. The van der Waals surface area contributed by atoms with Crippen molar-refractivity contribution in [1.82, 2.24) is 14.8 Å². The van der Waals surface area contributed by atoms with E-state index in [1.54, 1.807) is 33.0 Å². The number of amides is 2. The quantitative estimate of drug-likeness (QED) is 0.785. The molecule has 0 aromatic heterocycles. The van der Waals surface area contributed by atoms with Crippen LogP contribution >= 0.6 is 11.8 Å². The minimum atomic E-state index is -0.329. The average Bonchev–Trinajstić information content (AvgIpc) is 3.06. The summed E-state index contributed by atoms with van der Waals surface area (Å²) in [5.41, 5.74) is 0.404. The number of halogens is 1. The van der Waals surface area contributed by atoms with E-state index in [9.17, 15) is 9.18 Å². The predicted molar refractivity (Wildman–Crippen MR) is 94.5 cm³/mol. The second-order valence-electron chi connectivity index (χ2n) is 5.41. The molecule has 0 radical (unpaired) electrons. The van der Waals surface area contributed by atoms with E-state index in [0.29, 0.717) is 18.7 Å². The Kier molecular flexibility index (Phi) is 4.75. The standard InChI is InChI=1S/C16H20FN5OS/c1-4-20-13-14(21(5-2)16(20)23)22(15(19-13)24-3)18-10-11-8-6-7-9-12(11)17/h6-10,13-14H,4-5H2,1-3H3/b18-10+. The number of hydrazone groups is 1. The molecule has 0 aliphatic carbocycles. The zero-order valence-corrected chi connectivity index (χ0v) is 14.7. The highest BCUT2D eigenvalue weighted by Crippen LogP contribution is 2.34. The van der Waals surface area contributed by atoms with Gasteiger partial charge in [0.1, 0.15) is 5.82 Å². The lowest BCUT2D eigenvalue weighted by Crippen LogP contribution is -2.45. The number of urea groups is 1. The second kappa shape index (κ2) is 6.80. The summed E-state index contributed by atoms with van der Waals surface area (Å²) in [6, 6.07) is 6.43. The van der Waals surface area contributed by atoms with Crippen molar-refractivity contribution in [1.29, 1.82) is 0 Å². The third-order valence-corrected chi connectivity index (χ3v) is 4.83. The van der Waals surface area contributed by atoms with Gasteiger partial charge in [0.25, 0.3) is 0 Å². The number of thioether (sulfide) groups is 1. The zero-order chi connectivity index (χ0) is 17.3. The van der Waals surface area contributed by atoms with Crippen LogP contribution in [0.1, 0.15) is 19.4 Å². The number of benzene rings is 1. The molecule has 2 aliphatic rings. The van der Waals surface area contributed by atoms with Crippen molar-refractivity contribution in [3.63, 3.8) is 0 Å². The Labute approximate surface area is 145 Å². The smallest absolute Gasteiger partial charge is 0.299 e. The molecule has 2 amide bonds. The first-order valence-corrected chi connectivity index (χ1v) is 9.11. The van der Waals surface area contributed by atoms with Crippen molar-refractivity contribution in [3.8, 4) is 0 Å². The second-order valence-corrected chi connectivity index (χ2v) is 6.18. The monoisotopic (exact) mass is 349 g/mol. The van der Waals surface area contributed by atoms with Crippen LogP contribution in [0.15, 0.2) is 34.4 Å². The number of amidine groups is 1. The van der Waals surface area contributed by atoms with Gasteiger partial charge in [-0.25, -0.2) is 19.2 Å². The number of hydrogen-bond donors (Lipinski definition) is 0. The lowest BCUT2D eigenvalue weighted by atomic mass is 10.2. The van der Waals surface area contributed by atoms with Gasteiger partial charge in [0.05, 0.1) is 6.21 Å². The largest absolute Gasteiger partial charge is 0.323 e. The predicted octanol–water partition coefficient (Wildman–Crippen LogP) is 2.62. The van der Waals surface area contributed by atoms with Crippen LogP contribution in [0, 0.1) is 5.82 Å². The summed E-state index contributed by atoms with van der Waals surface area (Å²) in [6.07, 6.45) is 2.84. The third-order valence-electron chi connectivity index (χ3n) is 4.18. The van der Waals surface area contributed by atoms with Crippen molar-refractivity contribution in [2.45, 2.75) is 26.2 Å². The van der Waals surface area contributed by atoms with E-state index in [4.69, 9.17) is 0 Å². The van der Waals surface area contributed by atoms with Gasteiger partial charge < -0.3 is 0 Å². The minimum Gasteiger partial charge on any atom is -0.299 e. The molecule has 1 aromatic carbocycles. The van der Waals surface area contributed by atoms with Crippen LogP contribution in [0.5, 0.6) is 0 Å². The van der Waals surface area contributed by atoms with Crippen molar-refractivity contribution < 1.29 is 9.18 Å². The molecular weight excluding hydrogens is 329 g/mol. The highest BCUT2D eigenvalue weighted by molar-refractivity contribution is 8.13. The number of nitrogens with zero attached hydrogens (tertiary/aromatic N) is 5. The number of carbonyl (C=O) groups is 1. The molecule has 24 heavy (non-hydrogen) atoms. The lowest BCUT2D eigenvalue weighted by molar-refractivity contribution is 0.155. The molecule has 3 rings (SSSR count). The third kappa shape index (κ3) is 2.64. The van der Waals surface area contributed by atoms with Gasteiger partial charge in [0.2, 0.25) is 0 Å². The molecule has 6 nitrogen and oxygen atoms in total. The van der Waals surface area contributed by atoms with Gasteiger partial charge in [-0.05, 0) is 26.2 Å². The highest BCUT2D eigenvalue weighted by atomic mass is 32.2. The lowest BCUT2D eigenvalue weighted by Gasteiger charge is -2.27. The van der Waals surface area contributed by atoms with Crippen molar-refractivity contribution in [2.75, 3.05) is 19.3 Å². The summed E-state index contributed by atoms with van der Waals surface area (Å²) in [7, 11) is 0. The molecule has 2 heterocycles. The van der Waals surface area contributed by atoms with Crippen LogP contribution < -0.4 is 0 Å². The molecule has 1 aromatic rings. The van der Waals surface area contributed by atoms with Crippen LogP contribution in [0.4, 0.5) is 9.18 Å². The molecule has 2 atom stereocenters. The van der Waals surface area contributed by atoms with Gasteiger partial charge in [-0.3, -0.25) is 9.80 Å². The number of fused-ring (bicyclic) bond motifs is 1. The minimum absolute atomic E-state index is 0.0370. The van der Waals surface area contributed by atoms with Crippen LogP contribution in [0.2, 0.25) is 0 Å². The van der Waals surface area contributed by atoms with Crippen molar-refractivity contribution >= 4 is 29.2 Å². The van der Waals surface area contributed by atoms with E-state index in [-0.39, 0.29) is 24.2 Å². The maximum absolute atomic E-state index is 13.8. The van der Waals surface area contributed by atoms with Crippen LogP contribution in [-0.2, 0) is 0 Å². The van der Waals surface area contributed by atoms with E-state index in [1.807, 2.05) is 20.1 Å². The number of hydrogen-bond acceptors (Lipinski definition) is 5. The van der Waals surface area contributed by atoms with Gasteiger partial charge >= 0.3 is 6.03 Å². The fourth-order valence-corrected chi connectivity index (χ4v) is 3.56. The van der Waals surface area contributed by atoms with Gasteiger partial charge in [0, 0.05) is 18.7 Å². The molecule has 128 valence electrons. The fraction of sp³-hybridized carbons (Fsp3) is 0.438. The summed E-state index contributed by atoms with van der Waals surface area (Å²) in [5.74, 6) is -0.329. The maximum Gasteiger partial charge on any atom is 0.323 e. The number of aliphatic imine (C=N–C) groups is 1. The summed E-state index contributed by atoms with van der Waals surface area (Å²) >= 11 is 1.47. The van der Waals surface area contributed by atoms with E-state index in [1.165, 1.54) is 24.0 Å². The Balaban J connectivity index is 1.93. The van der Waals surface area contributed by atoms with Gasteiger partial charge in [-0.2, -0.15) is 5.10 Å². The van der Waals surface area contributed by atoms with E-state index in [0.717, 1.165) is 5.17 Å². The number of rotatable bonds is 4. The molecule has 1 saturated heterocycles. The molecule has 0 saturated carbocycles. The molecule has 0 bridgehead atoms. The Morgan fingerprint density at radius 2 is 2.00 bits per heavy atom. The van der Waals surface area contributed by atoms with Crippen LogP contribution in [-0.4, -0.2) is 63.9 Å². The fourth-order valence-electron chi connectivity index (χ4n) is 3.01. The van der Waals surface area contributed by atoms with Gasteiger partial charge in [0.15, 0.2) is 17.5 Å². The molecule has 2 aliphatic heterocycles. The van der Waals surface area contributed by atoms with Crippen LogP contribution in [0.3, 0.4) is 0 Å². The van der Waals surface area contributed by atoms with E-state index < -0.39 is 0 Å². The Morgan fingerprint density at radius 3 is 2.62 bits per heavy atom. The number of likely N-dealkylation sites (N-methyl/N-ethyl adjacent to an activating group) is 2. The van der Waals surface area contributed by atoms with Crippen molar-refractivity contribution in [2.24, 2.45) is 10.1 Å². The van der Waals surface area contributed by atoms with Gasteiger partial charge in [-0.1, -0.05) is 30.0 Å². The van der Waals surface area contributed by atoms with E-state index >= 15 is 0 Å². The Morgan fingerprint density at radius 1 is 1.29 bits per heavy atom. The summed E-state index contributed by atoms with van der Waals surface area (Å²) in [4.78, 5) is 20.6. The Bertz CT molecular complexity index is 695. The molecule has 8 heteroatoms. The summed E-state index contributed by atoms with van der Waals surface area (Å²) < 4.78 is 13.8. The zero-order valence-electron chi connectivity index (χ0n) is 13.9. The molecule has 2 unspecified atom stereocenters. The molecular formula is C16H20FN5OS. The molecule has 0 N–H and O–H groups in total. The first-order chi connectivity index (χ1) is 11.6. The highest BCUT2D eigenvalue weighted by Gasteiger charge is 2.52. The Hall–Kier alpha value is -2.09. The first-order valence-electron chi connectivity index (χ1n) is 7.89. The van der Waals surface area contributed by atoms with Crippen LogP contribution in [0.25, 0.3) is 0 Å². The van der Waals surface area contributed by atoms with Gasteiger partial charge in [-0.15, -0.1) is 0 Å². The SMILES string of the molecule is CCN1C(=O)N(CC)C2C1N=C(SC)N2/N=C/c1ccccc1F. The molecule has 0 spiro atoms. The first kappa shape index (κ1) is 16.8. The van der Waals surface area contributed by atoms with Crippen molar-refractivity contribution in [3.05, 3.63) is 35.6 Å². The topological polar surface area (TPSA) is 51.5 Å². The number of carbonyl (C=O) groups excluding carboxylic acids is 1. The average molecular weight is 349 g/mol. The van der Waals surface area contributed by atoms with E-state index in [2.05, 4.69) is 10.1 Å².